The molecule has 92 valence electrons. The van der Waals surface area contributed by atoms with E-state index in [-0.39, 0.29) is 11.9 Å². The number of nitrogens with one attached hydrogen (secondary N) is 1. The molecular formula is C14H20N2O. The molecule has 2 rings (SSSR count). The number of amides is 1. The van der Waals surface area contributed by atoms with Crippen LogP contribution < -0.4 is 5.32 Å². The zero-order valence-electron chi connectivity index (χ0n) is 10.4. The summed E-state index contributed by atoms with van der Waals surface area (Å²) in [6.07, 6.45) is 1.60. The van der Waals surface area contributed by atoms with Crippen LogP contribution in [-0.2, 0) is 4.79 Å². The average molecular weight is 232 g/mol. The fourth-order valence-electron chi connectivity index (χ4n) is 2.30. The molecule has 0 saturated carbocycles. The zero-order chi connectivity index (χ0) is 12.1. The van der Waals surface area contributed by atoms with Crippen molar-refractivity contribution in [1.82, 2.24) is 10.2 Å². The molecular weight excluding hydrogens is 212 g/mol. The van der Waals surface area contributed by atoms with Crippen molar-refractivity contribution >= 4 is 5.91 Å². The predicted octanol–water partition coefficient (Wildman–Crippen LogP) is 1.96. The molecule has 1 atom stereocenters. The number of nitrogens with zero attached hydrogens (tertiary/aromatic N) is 1. The van der Waals surface area contributed by atoms with Gasteiger partial charge in [0.15, 0.2) is 0 Å². The van der Waals surface area contributed by atoms with E-state index in [0.717, 1.165) is 26.1 Å². The van der Waals surface area contributed by atoms with Gasteiger partial charge in [-0.3, -0.25) is 4.79 Å². The first-order valence-corrected chi connectivity index (χ1v) is 6.37. The van der Waals surface area contributed by atoms with Crippen molar-refractivity contribution in [2.45, 2.75) is 25.8 Å². The smallest absolute Gasteiger partial charge is 0.224 e. The van der Waals surface area contributed by atoms with Gasteiger partial charge < -0.3 is 10.2 Å². The molecule has 1 aromatic carbocycles. The highest BCUT2D eigenvalue weighted by Crippen LogP contribution is 2.19. The molecule has 1 N–H and O–H groups in total. The molecule has 0 aromatic heterocycles. The lowest BCUT2D eigenvalue weighted by Crippen LogP contribution is -2.39. The Balaban J connectivity index is 2.10. The molecule has 1 saturated heterocycles. The highest BCUT2D eigenvalue weighted by molar-refractivity contribution is 5.77. The van der Waals surface area contributed by atoms with Crippen LogP contribution in [0.25, 0.3) is 0 Å². The molecule has 3 heteroatoms. The summed E-state index contributed by atoms with van der Waals surface area (Å²) in [4.78, 5) is 14.0. The Kier molecular flexibility index (Phi) is 4.15. The summed E-state index contributed by atoms with van der Waals surface area (Å²) < 4.78 is 0. The lowest BCUT2D eigenvalue weighted by molar-refractivity contribution is -0.132. The van der Waals surface area contributed by atoms with E-state index in [1.54, 1.807) is 0 Å². The number of rotatable bonds is 2. The SMILES string of the molecule is CCN1CCCNC(c2ccccc2)CC1=O. The lowest BCUT2D eigenvalue weighted by atomic mass is 10.0. The molecule has 0 bridgehead atoms. The van der Waals surface area contributed by atoms with Crippen LogP contribution in [0.5, 0.6) is 0 Å². The predicted molar refractivity (Wildman–Crippen MR) is 68.7 cm³/mol. The minimum absolute atomic E-state index is 0.165. The largest absolute Gasteiger partial charge is 0.343 e. The van der Waals surface area contributed by atoms with E-state index in [9.17, 15) is 4.79 Å². The van der Waals surface area contributed by atoms with Gasteiger partial charge in [0, 0.05) is 25.6 Å². The van der Waals surface area contributed by atoms with Crippen LogP contribution in [0.1, 0.15) is 31.4 Å². The maximum absolute atomic E-state index is 12.1. The molecule has 0 spiro atoms. The van der Waals surface area contributed by atoms with Gasteiger partial charge in [-0.15, -0.1) is 0 Å². The Bertz CT molecular complexity index is 364. The second-order valence-corrected chi connectivity index (χ2v) is 4.45. The third-order valence-corrected chi connectivity index (χ3v) is 3.31. The van der Waals surface area contributed by atoms with Crippen LogP contribution in [0.4, 0.5) is 0 Å². The zero-order valence-corrected chi connectivity index (χ0v) is 10.4. The van der Waals surface area contributed by atoms with Gasteiger partial charge in [0.1, 0.15) is 0 Å². The highest BCUT2D eigenvalue weighted by Gasteiger charge is 2.21. The molecule has 1 fully saturated rings. The van der Waals surface area contributed by atoms with E-state index in [2.05, 4.69) is 17.4 Å². The molecule has 1 aromatic rings. The van der Waals surface area contributed by atoms with Crippen molar-refractivity contribution in [1.29, 1.82) is 0 Å². The molecule has 3 nitrogen and oxygen atoms in total. The van der Waals surface area contributed by atoms with Crippen molar-refractivity contribution in [3.8, 4) is 0 Å². The Morgan fingerprint density at radius 2 is 2.12 bits per heavy atom. The van der Waals surface area contributed by atoms with Gasteiger partial charge in [-0.2, -0.15) is 0 Å². The summed E-state index contributed by atoms with van der Waals surface area (Å²) in [6.45, 7) is 4.72. The summed E-state index contributed by atoms with van der Waals surface area (Å²) in [6, 6.07) is 10.4. The fraction of sp³-hybridized carbons (Fsp3) is 0.500. The van der Waals surface area contributed by atoms with E-state index in [4.69, 9.17) is 0 Å². The Morgan fingerprint density at radius 1 is 1.35 bits per heavy atom. The molecule has 17 heavy (non-hydrogen) atoms. The molecule has 1 heterocycles. The standard InChI is InChI=1S/C14H20N2O/c1-2-16-10-6-9-15-13(11-14(16)17)12-7-4-3-5-8-12/h3-5,7-8,13,15H,2,6,9-11H2,1H3. The van der Waals surface area contributed by atoms with E-state index >= 15 is 0 Å². The van der Waals surface area contributed by atoms with Crippen molar-refractivity contribution < 1.29 is 4.79 Å². The van der Waals surface area contributed by atoms with Crippen molar-refractivity contribution in [2.24, 2.45) is 0 Å². The van der Waals surface area contributed by atoms with Gasteiger partial charge in [-0.05, 0) is 25.5 Å². The molecule has 1 unspecified atom stereocenters. The third-order valence-electron chi connectivity index (χ3n) is 3.31. The highest BCUT2D eigenvalue weighted by atomic mass is 16.2. The summed E-state index contributed by atoms with van der Waals surface area (Å²) >= 11 is 0. The first kappa shape index (κ1) is 12.1. The second-order valence-electron chi connectivity index (χ2n) is 4.45. The van der Waals surface area contributed by atoms with E-state index in [0.29, 0.717) is 6.42 Å². The maximum Gasteiger partial charge on any atom is 0.224 e. The lowest BCUT2D eigenvalue weighted by Gasteiger charge is -2.28. The van der Waals surface area contributed by atoms with E-state index in [1.807, 2.05) is 30.0 Å². The van der Waals surface area contributed by atoms with Crippen molar-refractivity contribution in [3.05, 3.63) is 35.9 Å². The monoisotopic (exact) mass is 232 g/mol. The van der Waals surface area contributed by atoms with E-state index < -0.39 is 0 Å². The van der Waals surface area contributed by atoms with Crippen LogP contribution in [0.2, 0.25) is 0 Å². The van der Waals surface area contributed by atoms with Gasteiger partial charge in [0.2, 0.25) is 5.91 Å². The summed E-state index contributed by atoms with van der Waals surface area (Å²) in [5.74, 6) is 0.258. The quantitative estimate of drug-likeness (QED) is 0.845. The van der Waals surface area contributed by atoms with Crippen LogP contribution in [0, 0.1) is 0 Å². The van der Waals surface area contributed by atoms with E-state index in [1.165, 1.54) is 5.56 Å². The molecule has 0 radical (unpaired) electrons. The molecule has 1 amide bonds. The number of carbonyl (C=O) groups is 1. The fourth-order valence-corrected chi connectivity index (χ4v) is 2.30. The topological polar surface area (TPSA) is 32.3 Å². The second kappa shape index (κ2) is 5.82. The minimum Gasteiger partial charge on any atom is -0.343 e. The number of benzene rings is 1. The Hall–Kier alpha value is -1.35. The first-order valence-electron chi connectivity index (χ1n) is 6.37. The van der Waals surface area contributed by atoms with Gasteiger partial charge in [0.25, 0.3) is 0 Å². The third kappa shape index (κ3) is 3.07. The van der Waals surface area contributed by atoms with Crippen LogP contribution in [-0.4, -0.2) is 30.4 Å². The Morgan fingerprint density at radius 3 is 2.82 bits per heavy atom. The van der Waals surface area contributed by atoms with Crippen LogP contribution in [0.3, 0.4) is 0 Å². The van der Waals surface area contributed by atoms with Crippen molar-refractivity contribution in [2.75, 3.05) is 19.6 Å². The van der Waals surface area contributed by atoms with Gasteiger partial charge in [0.05, 0.1) is 0 Å². The number of hydrogen-bond donors (Lipinski definition) is 1. The molecule has 1 aliphatic rings. The number of hydrogen-bond acceptors (Lipinski definition) is 2. The Labute approximate surface area is 103 Å². The normalized spacial score (nSPS) is 22.1. The average Bonchev–Trinajstić information content (AvgIpc) is 2.35. The molecule has 1 aliphatic heterocycles. The summed E-state index contributed by atoms with van der Waals surface area (Å²) in [7, 11) is 0. The van der Waals surface area contributed by atoms with Gasteiger partial charge >= 0.3 is 0 Å². The summed E-state index contributed by atoms with van der Waals surface area (Å²) in [5, 5.41) is 3.47. The summed E-state index contributed by atoms with van der Waals surface area (Å²) in [5.41, 5.74) is 1.21. The van der Waals surface area contributed by atoms with Crippen LogP contribution >= 0.6 is 0 Å². The van der Waals surface area contributed by atoms with Crippen LogP contribution in [0.15, 0.2) is 30.3 Å². The molecule has 0 aliphatic carbocycles. The van der Waals surface area contributed by atoms with Crippen molar-refractivity contribution in [3.63, 3.8) is 0 Å². The van der Waals surface area contributed by atoms with Gasteiger partial charge in [-0.25, -0.2) is 0 Å². The van der Waals surface area contributed by atoms with Gasteiger partial charge in [-0.1, -0.05) is 30.3 Å². The first-order chi connectivity index (χ1) is 8.31. The maximum atomic E-state index is 12.1. The number of carbonyl (C=O) groups excluding carboxylic acids is 1. The minimum atomic E-state index is 0.165.